The third-order valence-corrected chi connectivity index (χ3v) is 2.01. The maximum absolute atomic E-state index is 5.14. The molecule has 0 aliphatic carbocycles. The largest absolute Gasteiger partial charge is 0.497 e. The smallest absolute Gasteiger partial charge is 0.119 e. The summed E-state index contributed by atoms with van der Waals surface area (Å²) in [5, 5.41) is 0. The van der Waals surface area contributed by atoms with Crippen molar-refractivity contribution in [1.82, 2.24) is 0 Å². The normalized spacial score (nSPS) is 9.58. The van der Waals surface area contributed by atoms with E-state index >= 15 is 0 Å². The van der Waals surface area contributed by atoms with Crippen LogP contribution in [-0.2, 0) is 0 Å². The van der Waals surface area contributed by atoms with Crippen molar-refractivity contribution in [2.75, 3.05) is 7.11 Å². The third kappa shape index (κ3) is 1.50. The van der Waals surface area contributed by atoms with Crippen LogP contribution in [-0.4, -0.2) is 7.11 Å². The molecule has 0 fully saturated rings. The van der Waals surface area contributed by atoms with Crippen LogP contribution >= 0.6 is 0 Å². The average Bonchev–Trinajstić information content (AvgIpc) is 2.03. The summed E-state index contributed by atoms with van der Waals surface area (Å²) in [6, 6.07) is 4.04. The van der Waals surface area contributed by atoms with Crippen molar-refractivity contribution >= 4 is 6.08 Å². The summed E-state index contributed by atoms with van der Waals surface area (Å²) in [5.74, 6) is 0.913. The van der Waals surface area contributed by atoms with Gasteiger partial charge >= 0.3 is 0 Å². The fourth-order valence-corrected chi connectivity index (χ4v) is 1.37. The highest BCUT2D eigenvalue weighted by Crippen LogP contribution is 2.21. The van der Waals surface area contributed by atoms with E-state index in [1.807, 2.05) is 18.2 Å². The lowest BCUT2D eigenvalue weighted by Crippen LogP contribution is -1.89. The number of aryl methyl sites for hydroxylation is 2. The minimum atomic E-state index is 0.913. The molecule has 1 heteroatoms. The van der Waals surface area contributed by atoms with E-state index in [0.717, 1.165) is 5.75 Å². The zero-order valence-corrected chi connectivity index (χ0v) is 7.85. The Morgan fingerprint density at radius 2 is 1.75 bits per heavy atom. The maximum Gasteiger partial charge on any atom is 0.119 e. The molecule has 1 aromatic rings. The van der Waals surface area contributed by atoms with Crippen molar-refractivity contribution < 1.29 is 4.74 Å². The molecule has 0 aromatic heterocycles. The summed E-state index contributed by atoms with van der Waals surface area (Å²) < 4.78 is 5.14. The zero-order chi connectivity index (χ0) is 9.14. The highest BCUT2D eigenvalue weighted by Gasteiger charge is 2.00. The van der Waals surface area contributed by atoms with Crippen LogP contribution in [0.3, 0.4) is 0 Å². The standard InChI is InChI=1S/C11H14O/c1-5-11-8(2)6-10(12-4)7-9(11)3/h5-7H,1H2,2-4H3. The van der Waals surface area contributed by atoms with E-state index in [9.17, 15) is 0 Å². The molecular formula is C11H14O. The van der Waals surface area contributed by atoms with Crippen molar-refractivity contribution in [3.05, 3.63) is 35.4 Å². The molecule has 0 unspecified atom stereocenters. The lowest BCUT2D eigenvalue weighted by Gasteiger charge is -2.07. The predicted molar refractivity (Wildman–Crippen MR) is 52.6 cm³/mol. The molecule has 64 valence electrons. The fraction of sp³-hybridized carbons (Fsp3) is 0.273. The van der Waals surface area contributed by atoms with Gasteiger partial charge in [-0.25, -0.2) is 0 Å². The van der Waals surface area contributed by atoms with E-state index in [1.54, 1.807) is 7.11 Å². The second-order valence-corrected chi connectivity index (χ2v) is 2.88. The highest BCUT2D eigenvalue weighted by atomic mass is 16.5. The molecule has 0 N–H and O–H groups in total. The van der Waals surface area contributed by atoms with Gasteiger partial charge in [0.15, 0.2) is 0 Å². The lowest BCUT2D eigenvalue weighted by atomic mass is 10.0. The summed E-state index contributed by atoms with van der Waals surface area (Å²) in [7, 11) is 1.68. The number of benzene rings is 1. The molecule has 1 aromatic carbocycles. The quantitative estimate of drug-likeness (QED) is 0.649. The van der Waals surface area contributed by atoms with Gasteiger partial charge in [-0.05, 0) is 42.7 Å². The van der Waals surface area contributed by atoms with Crippen molar-refractivity contribution in [2.45, 2.75) is 13.8 Å². The van der Waals surface area contributed by atoms with Crippen LogP contribution in [0.5, 0.6) is 5.75 Å². The van der Waals surface area contributed by atoms with Gasteiger partial charge in [-0.15, -0.1) is 0 Å². The van der Waals surface area contributed by atoms with Crippen LogP contribution in [0.2, 0.25) is 0 Å². The van der Waals surface area contributed by atoms with E-state index < -0.39 is 0 Å². The molecule has 0 aliphatic rings. The second-order valence-electron chi connectivity index (χ2n) is 2.88. The third-order valence-electron chi connectivity index (χ3n) is 2.01. The van der Waals surface area contributed by atoms with Crippen molar-refractivity contribution in [1.29, 1.82) is 0 Å². The Hall–Kier alpha value is -1.24. The number of hydrogen-bond donors (Lipinski definition) is 0. The predicted octanol–water partition coefficient (Wildman–Crippen LogP) is 2.96. The topological polar surface area (TPSA) is 9.23 Å². The van der Waals surface area contributed by atoms with E-state index in [4.69, 9.17) is 4.74 Å². The molecular weight excluding hydrogens is 148 g/mol. The summed E-state index contributed by atoms with van der Waals surface area (Å²) in [6.45, 7) is 7.89. The van der Waals surface area contributed by atoms with Crippen LogP contribution in [0.1, 0.15) is 16.7 Å². The minimum Gasteiger partial charge on any atom is -0.497 e. The summed E-state index contributed by atoms with van der Waals surface area (Å²) in [6.07, 6.45) is 1.88. The Morgan fingerprint density at radius 3 is 2.08 bits per heavy atom. The fourth-order valence-electron chi connectivity index (χ4n) is 1.37. The molecule has 1 nitrogen and oxygen atoms in total. The van der Waals surface area contributed by atoms with Gasteiger partial charge in [0, 0.05) is 0 Å². The first-order valence-corrected chi connectivity index (χ1v) is 3.96. The summed E-state index contributed by atoms with van der Waals surface area (Å²) >= 11 is 0. The SMILES string of the molecule is C=Cc1c(C)cc(OC)cc1C. The van der Waals surface area contributed by atoms with Gasteiger partial charge in [-0.1, -0.05) is 12.7 Å². The zero-order valence-electron chi connectivity index (χ0n) is 7.85. The van der Waals surface area contributed by atoms with Gasteiger partial charge in [0.2, 0.25) is 0 Å². The summed E-state index contributed by atoms with van der Waals surface area (Å²) in [5.41, 5.74) is 3.62. The Morgan fingerprint density at radius 1 is 1.25 bits per heavy atom. The molecule has 0 bridgehead atoms. The second kappa shape index (κ2) is 3.44. The van der Waals surface area contributed by atoms with Crippen molar-refractivity contribution in [3.63, 3.8) is 0 Å². The average molecular weight is 162 g/mol. The first-order valence-electron chi connectivity index (χ1n) is 3.96. The molecule has 12 heavy (non-hydrogen) atoms. The molecule has 0 saturated carbocycles. The van der Waals surface area contributed by atoms with Crippen molar-refractivity contribution in [3.8, 4) is 5.75 Å². The van der Waals surface area contributed by atoms with E-state index in [0.29, 0.717) is 0 Å². The molecule has 0 atom stereocenters. The molecule has 0 amide bonds. The van der Waals surface area contributed by atoms with Gasteiger partial charge in [-0.2, -0.15) is 0 Å². The Labute approximate surface area is 73.7 Å². The number of methoxy groups -OCH3 is 1. The van der Waals surface area contributed by atoms with Gasteiger partial charge < -0.3 is 4.74 Å². The van der Waals surface area contributed by atoms with Crippen LogP contribution in [0, 0.1) is 13.8 Å². The monoisotopic (exact) mass is 162 g/mol. The lowest BCUT2D eigenvalue weighted by molar-refractivity contribution is 0.414. The van der Waals surface area contributed by atoms with Gasteiger partial charge in [0.05, 0.1) is 7.11 Å². The number of hydrogen-bond acceptors (Lipinski definition) is 1. The maximum atomic E-state index is 5.14. The van der Waals surface area contributed by atoms with Crippen LogP contribution in [0.4, 0.5) is 0 Å². The number of ether oxygens (including phenoxy) is 1. The molecule has 0 radical (unpaired) electrons. The first-order chi connectivity index (χ1) is 5.69. The van der Waals surface area contributed by atoms with E-state index in [2.05, 4.69) is 20.4 Å². The molecule has 0 spiro atoms. The Balaban J connectivity index is 3.27. The van der Waals surface area contributed by atoms with Crippen LogP contribution in [0.25, 0.3) is 6.08 Å². The number of rotatable bonds is 2. The Bertz CT molecular complexity index is 277. The Kier molecular flexibility index (Phi) is 2.54. The van der Waals surface area contributed by atoms with Gasteiger partial charge in [0.1, 0.15) is 5.75 Å². The first kappa shape index (κ1) is 8.85. The van der Waals surface area contributed by atoms with Crippen LogP contribution in [0.15, 0.2) is 18.7 Å². The van der Waals surface area contributed by atoms with Gasteiger partial charge in [-0.3, -0.25) is 0 Å². The van der Waals surface area contributed by atoms with E-state index in [1.165, 1.54) is 16.7 Å². The minimum absolute atomic E-state index is 0.913. The summed E-state index contributed by atoms with van der Waals surface area (Å²) in [4.78, 5) is 0. The van der Waals surface area contributed by atoms with Crippen molar-refractivity contribution in [2.24, 2.45) is 0 Å². The van der Waals surface area contributed by atoms with Crippen LogP contribution < -0.4 is 4.74 Å². The molecule has 0 aliphatic heterocycles. The molecule has 1 rings (SSSR count). The van der Waals surface area contributed by atoms with E-state index in [-0.39, 0.29) is 0 Å². The molecule has 0 saturated heterocycles. The van der Waals surface area contributed by atoms with Gasteiger partial charge in [0.25, 0.3) is 0 Å². The highest BCUT2D eigenvalue weighted by molar-refractivity contribution is 5.58. The molecule has 0 heterocycles.